The van der Waals surface area contributed by atoms with Crippen molar-refractivity contribution in [2.45, 2.75) is 109 Å². The molecule has 1 unspecified atom stereocenters. The van der Waals surface area contributed by atoms with Gasteiger partial charge in [-0.15, -0.1) is 0 Å². The maximum absolute atomic E-state index is 14.7. The minimum Gasteiger partial charge on any atom is -1.00 e. The summed E-state index contributed by atoms with van der Waals surface area (Å²) in [5, 5.41) is 3.22. The SMILES string of the molecule is CCCCCCCCCCCCCCOc1c(F)cccc1CC(=O)NC1(C[n+]2ccccc2)C=CC=CC1.[Br-]. The number of unbranched alkanes of at least 4 members (excludes halogenated alkanes) is 11. The number of aromatic nitrogens is 1. The van der Waals surface area contributed by atoms with E-state index < -0.39 is 11.4 Å². The number of ether oxygens (including phenoxy) is 1. The Bertz CT molecular complexity index is 1040. The summed E-state index contributed by atoms with van der Waals surface area (Å²) in [6.07, 6.45) is 28.1. The van der Waals surface area contributed by atoms with Crippen LogP contribution in [0.3, 0.4) is 0 Å². The molecule has 1 aliphatic carbocycles. The van der Waals surface area contributed by atoms with Crippen LogP contribution in [0.5, 0.6) is 5.75 Å². The average molecular weight is 616 g/mol. The van der Waals surface area contributed by atoms with Gasteiger partial charge in [0.1, 0.15) is 5.54 Å². The van der Waals surface area contributed by atoms with Crippen molar-refractivity contribution < 1.29 is 35.5 Å². The summed E-state index contributed by atoms with van der Waals surface area (Å²) in [5.74, 6) is -0.345. The number of allylic oxidation sites excluding steroid dienone is 2. The molecule has 0 fully saturated rings. The molecule has 4 nitrogen and oxygen atoms in total. The number of benzene rings is 1. The third-order valence-electron chi connectivity index (χ3n) is 7.42. The number of pyridine rings is 1. The second-order valence-electron chi connectivity index (χ2n) is 10.9. The van der Waals surface area contributed by atoms with E-state index in [1.807, 2.05) is 48.8 Å². The molecular weight excluding hydrogens is 567 g/mol. The standard InChI is InChI=1S/C34H47FN2O2.BrH/c1-2-3-4-5-6-7-8-9-10-11-12-19-27-39-33-30(21-20-22-31(33)35)28-32(38)36-34(23-15-13-16-24-34)29-37-25-17-14-18-26-37;/h13-18,20-23,25-26H,2-12,19,24,27-29H2,1H3;1H. The van der Waals surface area contributed by atoms with Crippen molar-refractivity contribution in [2.24, 2.45) is 0 Å². The minimum absolute atomic E-state index is 0. The summed E-state index contributed by atoms with van der Waals surface area (Å²) >= 11 is 0. The van der Waals surface area contributed by atoms with Gasteiger partial charge in [-0.05, 0) is 18.9 Å². The molecule has 1 aromatic carbocycles. The molecule has 0 saturated carbocycles. The molecule has 0 saturated heterocycles. The van der Waals surface area contributed by atoms with Crippen molar-refractivity contribution in [3.05, 3.63) is 84.5 Å². The molecule has 0 bridgehead atoms. The van der Waals surface area contributed by atoms with E-state index in [0.29, 0.717) is 25.1 Å². The Morgan fingerprint density at radius 1 is 0.900 bits per heavy atom. The number of nitrogens with one attached hydrogen (secondary N) is 1. The normalized spacial score (nSPS) is 15.9. The van der Waals surface area contributed by atoms with E-state index in [9.17, 15) is 9.18 Å². The molecule has 1 N–H and O–H groups in total. The average Bonchev–Trinajstić information content (AvgIpc) is 2.93. The van der Waals surface area contributed by atoms with Crippen molar-refractivity contribution in [1.29, 1.82) is 0 Å². The van der Waals surface area contributed by atoms with E-state index in [4.69, 9.17) is 4.74 Å². The summed E-state index contributed by atoms with van der Waals surface area (Å²) in [5.41, 5.74) is 0.0608. The Kier molecular flexibility index (Phi) is 16.5. The van der Waals surface area contributed by atoms with Crippen molar-refractivity contribution in [3.8, 4) is 5.75 Å². The first kappa shape index (κ1) is 33.7. The van der Waals surface area contributed by atoms with E-state index in [1.54, 1.807) is 12.1 Å². The number of amides is 1. The lowest BCUT2D eigenvalue weighted by Gasteiger charge is -2.29. The summed E-state index contributed by atoms with van der Waals surface area (Å²) in [7, 11) is 0. The maximum atomic E-state index is 14.7. The number of nitrogens with zero attached hydrogens (tertiary/aromatic N) is 1. The summed E-state index contributed by atoms with van der Waals surface area (Å²) < 4.78 is 22.6. The highest BCUT2D eigenvalue weighted by molar-refractivity contribution is 5.80. The summed E-state index contributed by atoms with van der Waals surface area (Å²) in [4.78, 5) is 13.2. The topological polar surface area (TPSA) is 42.2 Å². The van der Waals surface area contributed by atoms with Gasteiger partial charge in [0.25, 0.3) is 0 Å². The molecule has 40 heavy (non-hydrogen) atoms. The van der Waals surface area contributed by atoms with Crippen LogP contribution < -0.4 is 31.6 Å². The summed E-state index contributed by atoms with van der Waals surface area (Å²) in [6.45, 7) is 3.34. The lowest BCUT2D eigenvalue weighted by atomic mass is 9.90. The number of hydrogen-bond donors (Lipinski definition) is 1. The Morgan fingerprint density at radius 2 is 1.55 bits per heavy atom. The molecule has 1 aromatic heterocycles. The van der Waals surface area contributed by atoms with Crippen LogP contribution in [-0.4, -0.2) is 18.1 Å². The van der Waals surface area contributed by atoms with Crippen molar-refractivity contribution in [3.63, 3.8) is 0 Å². The smallest absolute Gasteiger partial charge is 0.225 e. The van der Waals surface area contributed by atoms with Gasteiger partial charge < -0.3 is 27.0 Å². The zero-order valence-electron chi connectivity index (χ0n) is 24.3. The van der Waals surface area contributed by atoms with Gasteiger partial charge in [-0.3, -0.25) is 4.79 Å². The molecule has 0 spiro atoms. The molecule has 0 radical (unpaired) electrons. The van der Waals surface area contributed by atoms with E-state index >= 15 is 0 Å². The predicted octanol–water partition coefficient (Wildman–Crippen LogP) is 4.81. The third kappa shape index (κ3) is 12.4. The van der Waals surface area contributed by atoms with Crippen molar-refractivity contribution in [2.75, 3.05) is 6.61 Å². The molecule has 1 amide bonds. The zero-order chi connectivity index (χ0) is 27.6. The highest BCUT2D eigenvalue weighted by Gasteiger charge is 2.33. The van der Waals surface area contributed by atoms with Gasteiger partial charge in [0, 0.05) is 17.7 Å². The van der Waals surface area contributed by atoms with Gasteiger partial charge >= 0.3 is 0 Å². The molecule has 6 heteroatoms. The van der Waals surface area contributed by atoms with E-state index in [0.717, 1.165) is 12.8 Å². The Labute approximate surface area is 251 Å². The van der Waals surface area contributed by atoms with Gasteiger partial charge in [0.15, 0.2) is 30.5 Å². The van der Waals surface area contributed by atoms with Crippen LogP contribution in [0, 0.1) is 5.82 Å². The largest absolute Gasteiger partial charge is 1.00 e. The van der Waals surface area contributed by atoms with E-state index in [1.165, 1.54) is 70.3 Å². The third-order valence-corrected chi connectivity index (χ3v) is 7.42. The molecule has 3 rings (SSSR count). The van der Waals surface area contributed by atoms with Crippen LogP contribution in [0.25, 0.3) is 0 Å². The molecule has 1 aliphatic rings. The number of para-hydroxylation sites is 1. The quantitative estimate of drug-likeness (QED) is 0.182. The fourth-order valence-electron chi connectivity index (χ4n) is 5.25. The first-order valence-corrected chi connectivity index (χ1v) is 15.1. The van der Waals surface area contributed by atoms with Crippen LogP contribution in [-0.2, 0) is 17.8 Å². The molecular formula is C34H48BrFN2O2. The zero-order valence-corrected chi connectivity index (χ0v) is 25.8. The lowest BCUT2D eigenvalue weighted by Crippen LogP contribution is -3.00. The Morgan fingerprint density at radius 3 is 2.17 bits per heavy atom. The highest BCUT2D eigenvalue weighted by atomic mass is 79.9. The highest BCUT2D eigenvalue weighted by Crippen LogP contribution is 2.25. The number of carbonyl (C=O) groups is 1. The predicted molar refractivity (Wildman–Crippen MR) is 157 cm³/mol. The number of rotatable bonds is 19. The van der Waals surface area contributed by atoms with Crippen LogP contribution in [0.1, 0.15) is 96.0 Å². The van der Waals surface area contributed by atoms with E-state index in [-0.39, 0.29) is 35.1 Å². The second kappa shape index (κ2) is 19.6. The van der Waals surface area contributed by atoms with Crippen LogP contribution in [0.15, 0.2) is 73.1 Å². The van der Waals surface area contributed by atoms with Gasteiger partial charge in [-0.2, -0.15) is 0 Å². The monoisotopic (exact) mass is 614 g/mol. The van der Waals surface area contributed by atoms with Crippen LogP contribution >= 0.6 is 0 Å². The molecule has 0 aliphatic heterocycles. The van der Waals surface area contributed by atoms with Gasteiger partial charge in [0.2, 0.25) is 5.91 Å². The number of carbonyl (C=O) groups excluding carboxylic acids is 1. The van der Waals surface area contributed by atoms with Crippen LogP contribution in [0.2, 0.25) is 0 Å². The number of hydrogen-bond acceptors (Lipinski definition) is 2. The molecule has 2 aromatic rings. The van der Waals surface area contributed by atoms with Gasteiger partial charge in [-0.25, -0.2) is 8.96 Å². The van der Waals surface area contributed by atoms with Gasteiger partial charge in [-0.1, -0.05) is 120 Å². The Hall–Kier alpha value is -2.47. The molecule has 1 heterocycles. The lowest BCUT2D eigenvalue weighted by molar-refractivity contribution is -0.703. The first-order chi connectivity index (χ1) is 19.1. The molecule has 1 atom stereocenters. The Balaban J connectivity index is 0.00000560. The fourth-order valence-corrected chi connectivity index (χ4v) is 5.25. The minimum atomic E-state index is -0.527. The van der Waals surface area contributed by atoms with E-state index in [2.05, 4.69) is 22.9 Å². The maximum Gasteiger partial charge on any atom is 0.225 e. The number of halogens is 2. The van der Waals surface area contributed by atoms with Crippen LogP contribution in [0.4, 0.5) is 4.39 Å². The van der Waals surface area contributed by atoms with Gasteiger partial charge in [0.05, 0.1) is 13.0 Å². The fraction of sp³-hybridized carbons (Fsp3) is 0.529. The van der Waals surface area contributed by atoms with Crippen molar-refractivity contribution in [1.82, 2.24) is 5.32 Å². The summed E-state index contributed by atoms with van der Waals surface area (Å²) in [6, 6.07) is 10.8. The first-order valence-electron chi connectivity index (χ1n) is 15.1. The second-order valence-corrected chi connectivity index (χ2v) is 10.9. The molecule has 220 valence electrons. The van der Waals surface area contributed by atoms with Crippen molar-refractivity contribution >= 4 is 5.91 Å².